The maximum absolute atomic E-state index is 4.30. The Morgan fingerprint density at radius 1 is 1.25 bits per heavy atom. The largest absolute Gasteiger partial charge is 0.298 e. The lowest BCUT2D eigenvalue weighted by molar-refractivity contribution is 0.848. The highest BCUT2D eigenvalue weighted by molar-refractivity contribution is 5.56. The van der Waals surface area contributed by atoms with Crippen molar-refractivity contribution in [2.75, 3.05) is 6.54 Å². The minimum absolute atomic E-state index is 0.990. The van der Waals surface area contributed by atoms with Crippen molar-refractivity contribution < 1.29 is 0 Å². The van der Waals surface area contributed by atoms with Crippen LogP contribution in [0.2, 0.25) is 0 Å². The zero-order chi connectivity index (χ0) is 9.23. The van der Waals surface area contributed by atoms with E-state index in [-0.39, 0.29) is 0 Å². The van der Waals surface area contributed by atoms with E-state index in [0.717, 1.165) is 13.0 Å². The molecule has 0 fully saturated rings. The Balaban J connectivity index is 3.16. The van der Waals surface area contributed by atoms with E-state index in [2.05, 4.69) is 31.8 Å². The fraction of sp³-hybridized carbons (Fsp3) is 0.727. The molecule has 0 unspecified atom stereocenters. The molecule has 0 spiro atoms. The van der Waals surface area contributed by atoms with Crippen molar-refractivity contribution in [1.29, 1.82) is 0 Å². The molecule has 0 amide bonds. The Labute approximate surface area is 76.6 Å². The monoisotopic (exact) mass is 167 g/mol. The number of unbranched alkanes of at least 4 members (excludes halogenated alkanes) is 2. The van der Waals surface area contributed by atoms with Gasteiger partial charge in [0.25, 0.3) is 0 Å². The number of rotatable bonds is 6. The Bertz CT molecular complexity index is 141. The highest BCUT2D eigenvalue weighted by Gasteiger charge is 1.82. The first-order valence-electron chi connectivity index (χ1n) is 4.89. The van der Waals surface area contributed by atoms with Gasteiger partial charge in [-0.1, -0.05) is 25.0 Å². The van der Waals surface area contributed by atoms with Crippen LogP contribution in [0.25, 0.3) is 0 Å². The molecule has 0 radical (unpaired) electrons. The van der Waals surface area contributed by atoms with E-state index in [1.54, 1.807) is 0 Å². The summed E-state index contributed by atoms with van der Waals surface area (Å²) < 4.78 is 0. The zero-order valence-electron chi connectivity index (χ0n) is 8.64. The SMILES string of the molecule is CCCC=NCCCC=C(C)C. The van der Waals surface area contributed by atoms with Crippen LogP contribution in [0.5, 0.6) is 0 Å². The molecular weight excluding hydrogens is 146 g/mol. The van der Waals surface area contributed by atoms with Gasteiger partial charge in [-0.05, 0) is 39.3 Å². The minimum Gasteiger partial charge on any atom is -0.298 e. The first-order chi connectivity index (χ1) is 5.77. The molecule has 0 bridgehead atoms. The molecule has 1 heteroatoms. The molecule has 0 saturated carbocycles. The Morgan fingerprint density at radius 2 is 2.00 bits per heavy atom. The molecule has 1 nitrogen and oxygen atoms in total. The second kappa shape index (κ2) is 8.51. The van der Waals surface area contributed by atoms with Crippen LogP contribution in [0.3, 0.4) is 0 Å². The highest BCUT2D eigenvalue weighted by Crippen LogP contribution is 1.96. The lowest BCUT2D eigenvalue weighted by Crippen LogP contribution is -1.81. The van der Waals surface area contributed by atoms with Crippen LogP contribution < -0.4 is 0 Å². The van der Waals surface area contributed by atoms with E-state index < -0.39 is 0 Å². The molecule has 0 N–H and O–H groups in total. The Hall–Kier alpha value is -0.590. The quantitative estimate of drug-likeness (QED) is 0.325. The van der Waals surface area contributed by atoms with Crippen molar-refractivity contribution >= 4 is 6.21 Å². The fourth-order valence-corrected chi connectivity index (χ4v) is 0.885. The van der Waals surface area contributed by atoms with E-state index in [1.807, 2.05) is 6.21 Å². The third kappa shape index (κ3) is 9.41. The van der Waals surface area contributed by atoms with E-state index >= 15 is 0 Å². The van der Waals surface area contributed by atoms with Crippen LogP contribution in [0.15, 0.2) is 16.6 Å². The fourth-order valence-electron chi connectivity index (χ4n) is 0.885. The summed E-state index contributed by atoms with van der Waals surface area (Å²) in [5, 5.41) is 0. The van der Waals surface area contributed by atoms with E-state index in [9.17, 15) is 0 Å². The second-order valence-electron chi connectivity index (χ2n) is 3.30. The summed E-state index contributed by atoms with van der Waals surface area (Å²) in [7, 11) is 0. The van der Waals surface area contributed by atoms with Gasteiger partial charge < -0.3 is 0 Å². The summed E-state index contributed by atoms with van der Waals surface area (Å²) in [5.74, 6) is 0. The van der Waals surface area contributed by atoms with Gasteiger partial charge in [-0.25, -0.2) is 0 Å². The average molecular weight is 167 g/mol. The van der Waals surface area contributed by atoms with Crippen LogP contribution in [0.1, 0.15) is 46.5 Å². The molecule has 0 aromatic heterocycles. The lowest BCUT2D eigenvalue weighted by atomic mass is 10.2. The van der Waals surface area contributed by atoms with Crippen LogP contribution in [0, 0.1) is 0 Å². The molecule has 0 aromatic rings. The number of allylic oxidation sites excluding steroid dienone is 2. The van der Waals surface area contributed by atoms with Crippen molar-refractivity contribution in [2.24, 2.45) is 4.99 Å². The summed E-state index contributed by atoms with van der Waals surface area (Å²) in [6.45, 7) is 7.44. The van der Waals surface area contributed by atoms with Gasteiger partial charge in [0, 0.05) is 6.54 Å². The van der Waals surface area contributed by atoms with Gasteiger partial charge >= 0.3 is 0 Å². The molecule has 0 aromatic carbocycles. The van der Waals surface area contributed by atoms with Crippen molar-refractivity contribution in [2.45, 2.75) is 46.5 Å². The first kappa shape index (κ1) is 11.4. The molecule has 70 valence electrons. The smallest absolute Gasteiger partial charge is 0.0388 e. The predicted octanol–water partition coefficient (Wildman–Crippen LogP) is 3.60. The summed E-state index contributed by atoms with van der Waals surface area (Å²) in [5.41, 5.74) is 1.41. The van der Waals surface area contributed by atoms with Gasteiger partial charge in [0.15, 0.2) is 0 Å². The molecule has 0 atom stereocenters. The maximum Gasteiger partial charge on any atom is 0.0388 e. The van der Waals surface area contributed by atoms with Crippen molar-refractivity contribution in [1.82, 2.24) is 0 Å². The topological polar surface area (TPSA) is 12.4 Å². The van der Waals surface area contributed by atoms with Gasteiger partial charge in [0.2, 0.25) is 0 Å². The van der Waals surface area contributed by atoms with E-state index in [0.29, 0.717) is 0 Å². The molecule has 12 heavy (non-hydrogen) atoms. The molecule has 0 aliphatic carbocycles. The van der Waals surface area contributed by atoms with Crippen molar-refractivity contribution in [3.05, 3.63) is 11.6 Å². The summed E-state index contributed by atoms with van der Waals surface area (Å²) in [4.78, 5) is 4.30. The van der Waals surface area contributed by atoms with Crippen LogP contribution in [0.4, 0.5) is 0 Å². The first-order valence-corrected chi connectivity index (χ1v) is 4.89. The molecule has 0 saturated heterocycles. The molecular formula is C11H21N. The Morgan fingerprint density at radius 3 is 2.58 bits per heavy atom. The summed E-state index contributed by atoms with van der Waals surface area (Å²) >= 11 is 0. The predicted molar refractivity (Wildman–Crippen MR) is 56.9 cm³/mol. The number of hydrogen-bond acceptors (Lipinski definition) is 1. The lowest BCUT2D eigenvalue weighted by Gasteiger charge is -1.92. The standard InChI is InChI=1S/C11H21N/c1-4-5-9-12-10-7-6-8-11(2)3/h8-9H,4-7,10H2,1-3H3. The van der Waals surface area contributed by atoms with Crippen molar-refractivity contribution in [3.8, 4) is 0 Å². The van der Waals surface area contributed by atoms with Gasteiger partial charge in [-0.3, -0.25) is 4.99 Å². The molecule has 0 aliphatic rings. The number of aliphatic imine (C=N–C) groups is 1. The molecule has 0 heterocycles. The van der Waals surface area contributed by atoms with Gasteiger partial charge in [0.1, 0.15) is 0 Å². The maximum atomic E-state index is 4.30. The average Bonchev–Trinajstić information content (AvgIpc) is 2.02. The normalized spacial score (nSPS) is 10.6. The van der Waals surface area contributed by atoms with Crippen LogP contribution in [-0.4, -0.2) is 12.8 Å². The van der Waals surface area contributed by atoms with Gasteiger partial charge in [0.05, 0.1) is 0 Å². The molecule has 0 rings (SSSR count). The molecule has 0 aliphatic heterocycles. The van der Waals surface area contributed by atoms with E-state index in [1.165, 1.54) is 24.8 Å². The van der Waals surface area contributed by atoms with Crippen LogP contribution in [-0.2, 0) is 0 Å². The Kier molecular flexibility index (Phi) is 8.09. The van der Waals surface area contributed by atoms with E-state index in [4.69, 9.17) is 0 Å². The number of nitrogens with zero attached hydrogens (tertiary/aromatic N) is 1. The second-order valence-corrected chi connectivity index (χ2v) is 3.30. The third-order valence-electron chi connectivity index (χ3n) is 1.59. The van der Waals surface area contributed by atoms with Gasteiger partial charge in [-0.15, -0.1) is 0 Å². The zero-order valence-corrected chi connectivity index (χ0v) is 8.64. The highest BCUT2D eigenvalue weighted by atomic mass is 14.7. The van der Waals surface area contributed by atoms with Gasteiger partial charge in [-0.2, -0.15) is 0 Å². The third-order valence-corrected chi connectivity index (χ3v) is 1.59. The summed E-state index contributed by atoms with van der Waals surface area (Å²) in [6.07, 6.45) is 9.01. The minimum atomic E-state index is 0.990. The van der Waals surface area contributed by atoms with Crippen LogP contribution >= 0.6 is 0 Å². The number of hydrogen-bond donors (Lipinski definition) is 0. The summed E-state index contributed by atoms with van der Waals surface area (Å²) in [6, 6.07) is 0. The van der Waals surface area contributed by atoms with Crippen molar-refractivity contribution in [3.63, 3.8) is 0 Å².